The molecule has 0 saturated heterocycles. The van der Waals surface area contributed by atoms with E-state index < -0.39 is 0 Å². The molecule has 7 nitrogen and oxygen atoms in total. The van der Waals surface area contributed by atoms with Crippen molar-refractivity contribution in [3.05, 3.63) is 42.9 Å². The average Bonchev–Trinajstić information content (AvgIpc) is 2.62. The second-order valence-corrected chi connectivity index (χ2v) is 5.15. The highest BCUT2D eigenvalue weighted by molar-refractivity contribution is 5.84. The molecule has 3 aromatic rings. The average molecular weight is 325 g/mol. The molecule has 3 N–H and O–H groups in total. The number of fused-ring (bicyclic) bond motifs is 1. The lowest BCUT2D eigenvalue weighted by Crippen LogP contribution is -2.28. The van der Waals surface area contributed by atoms with Crippen LogP contribution < -0.4 is 15.4 Å². The first-order valence-electron chi connectivity index (χ1n) is 7.72. The maximum absolute atomic E-state index is 9.18. The number of nitrogen functional groups attached to an aromatic ring is 1. The van der Waals surface area contributed by atoms with Crippen molar-refractivity contribution in [2.45, 2.75) is 6.92 Å². The number of nitrogens with two attached hydrogens (primary N) is 1. The van der Waals surface area contributed by atoms with E-state index in [0.717, 1.165) is 10.9 Å². The number of nitrogens with zero attached hydrogens (tertiary/aromatic N) is 4. The van der Waals surface area contributed by atoms with Gasteiger partial charge in [-0.15, -0.1) is 0 Å². The number of rotatable bonds is 6. The Kier molecular flexibility index (Phi) is 4.72. The Morgan fingerprint density at radius 3 is 2.79 bits per heavy atom. The summed E-state index contributed by atoms with van der Waals surface area (Å²) in [6.07, 6.45) is 3.11. The molecule has 24 heavy (non-hydrogen) atoms. The van der Waals surface area contributed by atoms with Gasteiger partial charge in [0.2, 0.25) is 5.88 Å². The Balaban J connectivity index is 1.98. The van der Waals surface area contributed by atoms with Crippen LogP contribution in [-0.4, -0.2) is 39.8 Å². The van der Waals surface area contributed by atoms with Gasteiger partial charge in [0.25, 0.3) is 0 Å². The number of aliphatic hydroxyl groups is 1. The zero-order valence-electron chi connectivity index (χ0n) is 13.4. The molecule has 0 aliphatic heterocycles. The summed E-state index contributed by atoms with van der Waals surface area (Å²) < 4.78 is 5.91. The third kappa shape index (κ3) is 3.07. The van der Waals surface area contributed by atoms with E-state index in [2.05, 4.69) is 15.0 Å². The van der Waals surface area contributed by atoms with Gasteiger partial charge in [-0.05, 0) is 19.1 Å². The topological polar surface area (TPSA) is 97.4 Å². The van der Waals surface area contributed by atoms with Gasteiger partial charge in [-0.1, -0.05) is 18.2 Å². The van der Waals surface area contributed by atoms with Crippen LogP contribution in [0.25, 0.3) is 10.9 Å². The summed E-state index contributed by atoms with van der Waals surface area (Å²) >= 11 is 0. The lowest BCUT2D eigenvalue weighted by molar-refractivity contribution is 0.302. The van der Waals surface area contributed by atoms with Crippen molar-refractivity contribution < 1.29 is 9.84 Å². The van der Waals surface area contributed by atoms with E-state index in [4.69, 9.17) is 10.5 Å². The summed E-state index contributed by atoms with van der Waals surface area (Å²) in [6, 6.07) is 9.51. The highest BCUT2D eigenvalue weighted by atomic mass is 16.5. The van der Waals surface area contributed by atoms with Crippen LogP contribution >= 0.6 is 0 Å². The van der Waals surface area contributed by atoms with Crippen LogP contribution in [0.1, 0.15) is 6.92 Å². The van der Waals surface area contributed by atoms with Gasteiger partial charge in [0.15, 0.2) is 11.6 Å². The fraction of sp³-hybridized carbons (Fsp3) is 0.235. The summed E-state index contributed by atoms with van der Waals surface area (Å²) in [6.45, 7) is 3.08. The maximum Gasteiger partial charge on any atom is 0.248 e. The van der Waals surface area contributed by atoms with E-state index >= 15 is 0 Å². The Labute approximate surface area is 139 Å². The normalized spacial score (nSPS) is 10.8. The van der Waals surface area contributed by atoms with Crippen molar-refractivity contribution in [2.75, 3.05) is 30.3 Å². The molecule has 0 saturated carbocycles. The second kappa shape index (κ2) is 7.10. The zero-order chi connectivity index (χ0) is 16.9. The van der Waals surface area contributed by atoms with Crippen molar-refractivity contribution in [3.8, 4) is 11.6 Å². The molecular formula is C17H19N5O2. The van der Waals surface area contributed by atoms with Crippen LogP contribution in [0.2, 0.25) is 0 Å². The molecule has 0 radical (unpaired) electrons. The number of aromatic nitrogens is 3. The van der Waals surface area contributed by atoms with Gasteiger partial charge in [-0.3, -0.25) is 4.98 Å². The van der Waals surface area contributed by atoms with Gasteiger partial charge >= 0.3 is 0 Å². The molecule has 0 atom stereocenters. The minimum Gasteiger partial charge on any atom is -0.435 e. The standard InChI is InChI=1S/C17H19N5O2/c1-2-22(9-10-23)16-14(18)17(21-11-20-16)24-13-7-3-5-12-6-4-8-19-15(12)13/h3-8,11,23H,2,9-10,18H2,1H3. The van der Waals surface area contributed by atoms with Crippen LogP contribution in [-0.2, 0) is 0 Å². The molecule has 0 unspecified atom stereocenters. The Hall–Kier alpha value is -2.93. The lowest BCUT2D eigenvalue weighted by Gasteiger charge is -2.22. The van der Waals surface area contributed by atoms with E-state index in [0.29, 0.717) is 30.3 Å². The fourth-order valence-electron chi connectivity index (χ4n) is 2.50. The number of benzene rings is 1. The number of aliphatic hydroxyl groups excluding tert-OH is 1. The number of ether oxygens (including phenoxy) is 1. The first-order valence-corrected chi connectivity index (χ1v) is 7.72. The zero-order valence-corrected chi connectivity index (χ0v) is 13.4. The summed E-state index contributed by atoms with van der Waals surface area (Å²) in [5, 5.41) is 10.1. The van der Waals surface area contributed by atoms with Crippen LogP contribution in [0.15, 0.2) is 42.9 Å². The van der Waals surface area contributed by atoms with E-state index in [1.165, 1.54) is 6.33 Å². The Bertz CT molecular complexity index is 835. The van der Waals surface area contributed by atoms with Gasteiger partial charge in [-0.2, -0.15) is 4.98 Å². The largest absolute Gasteiger partial charge is 0.435 e. The monoisotopic (exact) mass is 325 g/mol. The molecule has 0 aliphatic carbocycles. The van der Waals surface area contributed by atoms with E-state index in [-0.39, 0.29) is 12.5 Å². The van der Waals surface area contributed by atoms with E-state index in [1.807, 2.05) is 42.2 Å². The van der Waals surface area contributed by atoms with E-state index in [9.17, 15) is 5.11 Å². The molecule has 124 valence electrons. The number of pyridine rings is 1. The quantitative estimate of drug-likeness (QED) is 0.717. The molecule has 0 aliphatic rings. The number of para-hydroxylation sites is 1. The number of likely N-dealkylation sites (N-methyl/N-ethyl adjacent to an activating group) is 1. The molecule has 0 bridgehead atoms. The SMILES string of the molecule is CCN(CCO)c1ncnc(Oc2cccc3cccnc23)c1N. The number of hydrogen-bond donors (Lipinski definition) is 2. The van der Waals surface area contributed by atoms with Crippen LogP contribution in [0.4, 0.5) is 11.5 Å². The smallest absolute Gasteiger partial charge is 0.248 e. The molecular weight excluding hydrogens is 306 g/mol. The van der Waals surface area contributed by atoms with Gasteiger partial charge in [-0.25, -0.2) is 4.98 Å². The highest BCUT2D eigenvalue weighted by Gasteiger charge is 2.16. The maximum atomic E-state index is 9.18. The summed E-state index contributed by atoms with van der Waals surface area (Å²) in [7, 11) is 0. The second-order valence-electron chi connectivity index (χ2n) is 5.15. The van der Waals surface area contributed by atoms with Crippen molar-refractivity contribution in [1.82, 2.24) is 15.0 Å². The highest BCUT2D eigenvalue weighted by Crippen LogP contribution is 2.33. The van der Waals surface area contributed by atoms with Crippen molar-refractivity contribution in [1.29, 1.82) is 0 Å². The van der Waals surface area contributed by atoms with Gasteiger partial charge < -0.3 is 20.5 Å². The molecule has 0 spiro atoms. The predicted octanol–water partition coefficient (Wildman–Crippen LogP) is 2.22. The Morgan fingerprint density at radius 2 is 2.00 bits per heavy atom. The van der Waals surface area contributed by atoms with Crippen LogP contribution in [0, 0.1) is 0 Å². The molecule has 3 rings (SSSR count). The summed E-state index contributed by atoms with van der Waals surface area (Å²) in [5.41, 5.74) is 7.26. The van der Waals surface area contributed by atoms with Gasteiger partial charge in [0.1, 0.15) is 17.5 Å². The molecule has 0 fully saturated rings. The number of anilines is 2. The van der Waals surface area contributed by atoms with Crippen LogP contribution in [0.3, 0.4) is 0 Å². The molecule has 2 aromatic heterocycles. The summed E-state index contributed by atoms with van der Waals surface area (Å²) in [4.78, 5) is 14.6. The predicted molar refractivity (Wildman–Crippen MR) is 93.2 cm³/mol. The van der Waals surface area contributed by atoms with Crippen molar-refractivity contribution >= 4 is 22.4 Å². The first kappa shape index (κ1) is 15.9. The summed E-state index contributed by atoms with van der Waals surface area (Å²) in [5.74, 6) is 1.40. The molecule has 2 heterocycles. The number of hydrogen-bond acceptors (Lipinski definition) is 7. The molecule has 1 aromatic carbocycles. The minimum atomic E-state index is 0.0146. The van der Waals surface area contributed by atoms with Crippen LogP contribution in [0.5, 0.6) is 11.6 Å². The minimum absolute atomic E-state index is 0.0146. The van der Waals surface area contributed by atoms with Gasteiger partial charge in [0.05, 0.1) is 6.61 Å². The third-order valence-electron chi connectivity index (χ3n) is 3.68. The van der Waals surface area contributed by atoms with Crippen molar-refractivity contribution in [2.24, 2.45) is 0 Å². The van der Waals surface area contributed by atoms with E-state index in [1.54, 1.807) is 6.20 Å². The third-order valence-corrected chi connectivity index (χ3v) is 3.68. The molecule has 7 heteroatoms. The lowest BCUT2D eigenvalue weighted by atomic mass is 10.2. The molecule has 0 amide bonds. The van der Waals surface area contributed by atoms with Crippen molar-refractivity contribution in [3.63, 3.8) is 0 Å². The Morgan fingerprint density at radius 1 is 1.17 bits per heavy atom. The first-order chi connectivity index (χ1) is 11.7. The fourth-order valence-corrected chi connectivity index (χ4v) is 2.50. The van der Waals surface area contributed by atoms with Gasteiger partial charge in [0, 0.05) is 24.7 Å².